The van der Waals surface area contributed by atoms with E-state index in [0.717, 1.165) is 55.1 Å². The Balaban J connectivity index is 0.00000288. The van der Waals surface area contributed by atoms with Crippen molar-refractivity contribution in [2.45, 2.75) is 58.2 Å². The highest BCUT2D eigenvalue weighted by Gasteiger charge is 2.19. The molecule has 0 heterocycles. The van der Waals surface area contributed by atoms with Gasteiger partial charge >= 0.3 is 0 Å². The maximum Gasteiger partial charge on any atom is 0.191 e. The molecule has 0 saturated heterocycles. The molecule has 5 nitrogen and oxygen atoms in total. The van der Waals surface area contributed by atoms with E-state index in [0.29, 0.717) is 12.6 Å². The molecule has 0 radical (unpaired) electrons. The lowest BCUT2D eigenvalue weighted by molar-refractivity contribution is 0.120. The molecule has 0 amide bonds. The number of guanidine groups is 1. The van der Waals surface area contributed by atoms with Crippen LogP contribution in [0.25, 0.3) is 0 Å². The van der Waals surface area contributed by atoms with Gasteiger partial charge in [0.2, 0.25) is 0 Å². The Kier molecular flexibility index (Phi) is 9.43. The molecule has 1 aliphatic carbocycles. The third kappa shape index (κ3) is 6.47. The number of benzene rings is 1. The van der Waals surface area contributed by atoms with Crippen LogP contribution in [0.4, 0.5) is 0 Å². The van der Waals surface area contributed by atoms with Crippen LogP contribution in [0.3, 0.4) is 0 Å². The second-order valence-corrected chi connectivity index (χ2v) is 6.15. The van der Waals surface area contributed by atoms with Crippen LogP contribution in [0, 0.1) is 6.92 Å². The Morgan fingerprint density at radius 1 is 1.29 bits per heavy atom. The summed E-state index contributed by atoms with van der Waals surface area (Å²) in [4.78, 5) is 4.68. The quantitative estimate of drug-likeness (QED) is 0.369. The van der Waals surface area contributed by atoms with Gasteiger partial charge < -0.3 is 20.5 Å². The molecule has 0 aliphatic heterocycles. The van der Waals surface area contributed by atoms with E-state index in [4.69, 9.17) is 4.74 Å². The minimum absolute atomic E-state index is 0. The molecule has 6 heteroatoms. The van der Waals surface area contributed by atoms with Crippen molar-refractivity contribution in [1.29, 1.82) is 0 Å². The third-order valence-corrected chi connectivity index (χ3v) is 4.27. The zero-order valence-electron chi connectivity index (χ0n) is 14.8. The molecule has 136 valence electrons. The van der Waals surface area contributed by atoms with Crippen LogP contribution < -0.4 is 15.4 Å². The Bertz CT molecular complexity index is 529. The van der Waals surface area contributed by atoms with Gasteiger partial charge in [0, 0.05) is 12.6 Å². The molecular formula is C18H30IN3O2. The number of rotatable bonds is 5. The van der Waals surface area contributed by atoms with E-state index in [1.54, 1.807) is 7.11 Å². The van der Waals surface area contributed by atoms with Crippen molar-refractivity contribution < 1.29 is 9.84 Å². The second kappa shape index (κ2) is 10.8. The lowest BCUT2D eigenvalue weighted by atomic mass is 9.93. The van der Waals surface area contributed by atoms with Crippen LogP contribution in [0.1, 0.15) is 43.7 Å². The van der Waals surface area contributed by atoms with Crippen molar-refractivity contribution in [1.82, 2.24) is 10.6 Å². The average Bonchev–Trinajstić information content (AvgIpc) is 2.56. The van der Waals surface area contributed by atoms with Gasteiger partial charge in [-0.25, -0.2) is 4.99 Å². The molecule has 0 aromatic heterocycles. The van der Waals surface area contributed by atoms with E-state index in [1.165, 1.54) is 0 Å². The topological polar surface area (TPSA) is 65.9 Å². The van der Waals surface area contributed by atoms with E-state index in [-0.39, 0.29) is 30.1 Å². The number of hydrogen-bond acceptors (Lipinski definition) is 3. The molecular weight excluding hydrogens is 417 g/mol. The van der Waals surface area contributed by atoms with E-state index in [9.17, 15) is 5.11 Å². The van der Waals surface area contributed by atoms with Crippen LogP contribution in [-0.2, 0) is 6.54 Å². The number of ether oxygens (including phenoxy) is 1. The van der Waals surface area contributed by atoms with Gasteiger partial charge in [-0.05, 0) is 56.7 Å². The van der Waals surface area contributed by atoms with Crippen molar-refractivity contribution in [2.24, 2.45) is 4.99 Å². The van der Waals surface area contributed by atoms with Crippen LogP contribution >= 0.6 is 24.0 Å². The summed E-state index contributed by atoms with van der Waals surface area (Å²) < 4.78 is 5.37. The highest BCUT2D eigenvalue weighted by molar-refractivity contribution is 14.0. The molecule has 1 aromatic carbocycles. The molecule has 0 spiro atoms. The van der Waals surface area contributed by atoms with Crippen molar-refractivity contribution in [3.05, 3.63) is 29.3 Å². The largest absolute Gasteiger partial charge is 0.496 e. The fourth-order valence-corrected chi connectivity index (χ4v) is 2.87. The summed E-state index contributed by atoms with van der Waals surface area (Å²) >= 11 is 0. The predicted molar refractivity (Wildman–Crippen MR) is 109 cm³/mol. The lowest BCUT2D eigenvalue weighted by Gasteiger charge is -2.27. The number of methoxy groups -OCH3 is 1. The van der Waals surface area contributed by atoms with Gasteiger partial charge in [-0.15, -0.1) is 24.0 Å². The molecule has 1 saturated carbocycles. The molecule has 2 rings (SSSR count). The van der Waals surface area contributed by atoms with Crippen LogP contribution in [0.2, 0.25) is 0 Å². The van der Waals surface area contributed by atoms with Crippen LogP contribution in [0.5, 0.6) is 5.75 Å². The minimum atomic E-state index is -0.132. The SMILES string of the molecule is CCNC(=NCc1ccc(C)c(OC)c1)NC1CCC(O)CC1.I. The zero-order valence-corrected chi connectivity index (χ0v) is 17.2. The number of aliphatic hydroxyl groups is 1. The van der Waals surface area contributed by atoms with Gasteiger partial charge in [0.1, 0.15) is 5.75 Å². The molecule has 24 heavy (non-hydrogen) atoms. The number of nitrogens with zero attached hydrogens (tertiary/aromatic N) is 1. The maximum absolute atomic E-state index is 9.60. The van der Waals surface area contributed by atoms with E-state index in [2.05, 4.69) is 34.7 Å². The Morgan fingerprint density at radius 3 is 2.62 bits per heavy atom. The smallest absolute Gasteiger partial charge is 0.191 e. The number of nitrogens with one attached hydrogen (secondary N) is 2. The van der Waals surface area contributed by atoms with Gasteiger partial charge in [0.05, 0.1) is 19.8 Å². The first-order valence-corrected chi connectivity index (χ1v) is 8.48. The van der Waals surface area contributed by atoms with Gasteiger partial charge in [-0.1, -0.05) is 12.1 Å². The van der Waals surface area contributed by atoms with Crippen molar-refractivity contribution in [3.8, 4) is 5.75 Å². The first kappa shape index (κ1) is 21.0. The fourth-order valence-electron chi connectivity index (χ4n) is 2.87. The molecule has 3 N–H and O–H groups in total. The van der Waals surface area contributed by atoms with E-state index in [1.807, 2.05) is 13.0 Å². The summed E-state index contributed by atoms with van der Waals surface area (Å²) in [5, 5.41) is 16.4. The summed E-state index contributed by atoms with van der Waals surface area (Å²) in [6.07, 6.45) is 3.58. The average molecular weight is 447 g/mol. The summed E-state index contributed by atoms with van der Waals surface area (Å²) in [5.74, 6) is 1.74. The van der Waals surface area contributed by atoms with Crippen molar-refractivity contribution in [3.63, 3.8) is 0 Å². The molecule has 1 aliphatic rings. The van der Waals surface area contributed by atoms with Crippen molar-refractivity contribution >= 4 is 29.9 Å². The third-order valence-electron chi connectivity index (χ3n) is 4.27. The number of halogens is 1. The highest BCUT2D eigenvalue weighted by Crippen LogP contribution is 2.20. The van der Waals surface area contributed by atoms with Crippen LogP contribution in [0.15, 0.2) is 23.2 Å². The number of aliphatic hydroxyl groups excluding tert-OH is 1. The number of aliphatic imine (C=N–C) groups is 1. The summed E-state index contributed by atoms with van der Waals surface area (Å²) in [5.41, 5.74) is 2.26. The first-order valence-electron chi connectivity index (χ1n) is 8.48. The predicted octanol–water partition coefficient (Wildman–Crippen LogP) is 2.98. The normalized spacial score (nSPS) is 20.9. The molecule has 0 unspecified atom stereocenters. The molecule has 1 fully saturated rings. The first-order chi connectivity index (χ1) is 11.1. The molecule has 0 bridgehead atoms. The Morgan fingerprint density at radius 2 is 2.00 bits per heavy atom. The number of aryl methyl sites for hydroxylation is 1. The van der Waals surface area contributed by atoms with Gasteiger partial charge in [-0.2, -0.15) is 0 Å². The Hall–Kier alpha value is -1.02. The van der Waals surface area contributed by atoms with Gasteiger partial charge in [0.25, 0.3) is 0 Å². The Labute approximate surface area is 162 Å². The maximum atomic E-state index is 9.60. The van der Waals surface area contributed by atoms with Crippen molar-refractivity contribution in [2.75, 3.05) is 13.7 Å². The van der Waals surface area contributed by atoms with E-state index >= 15 is 0 Å². The summed E-state index contributed by atoms with van der Waals surface area (Å²) in [6.45, 7) is 5.55. The standard InChI is InChI=1S/C18H29N3O2.HI/c1-4-19-18(21-15-7-9-16(22)10-8-15)20-12-14-6-5-13(2)17(11-14)23-3;/h5-6,11,15-16,22H,4,7-10,12H2,1-3H3,(H2,19,20,21);1H. The summed E-state index contributed by atoms with van der Waals surface area (Å²) in [7, 11) is 1.69. The highest BCUT2D eigenvalue weighted by atomic mass is 127. The van der Waals surface area contributed by atoms with Gasteiger partial charge in [0.15, 0.2) is 5.96 Å². The van der Waals surface area contributed by atoms with Crippen LogP contribution in [-0.4, -0.2) is 36.9 Å². The van der Waals surface area contributed by atoms with Gasteiger partial charge in [-0.3, -0.25) is 0 Å². The molecule has 1 aromatic rings. The monoisotopic (exact) mass is 447 g/mol. The molecule has 0 atom stereocenters. The number of hydrogen-bond donors (Lipinski definition) is 3. The summed E-state index contributed by atoms with van der Waals surface area (Å²) in [6, 6.07) is 6.58. The fraction of sp³-hybridized carbons (Fsp3) is 0.611. The second-order valence-electron chi connectivity index (χ2n) is 6.15. The zero-order chi connectivity index (χ0) is 16.7. The minimum Gasteiger partial charge on any atom is -0.496 e. The lowest BCUT2D eigenvalue weighted by Crippen LogP contribution is -2.45. The van der Waals surface area contributed by atoms with E-state index < -0.39 is 0 Å².